The van der Waals surface area contributed by atoms with Gasteiger partial charge in [-0.15, -0.1) is 0 Å². The van der Waals surface area contributed by atoms with Crippen LogP contribution < -0.4 is 4.74 Å². The van der Waals surface area contributed by atoms with E-state index in [0.29, 0.717) is 13.2 Å². The third-order valence-corrected chi connectivity index (χ3v) is 4.25. The number of β-amino-alcohol motifs (C(OH)–C–C–N with tert-alkyl or cyclic N) is 1. The third kappa shape index (κ3) is 3.40. The highest BCUT2D eigenvalue weighted by Crippen LogP contribution is 2.24. The summed E-state index contributed by atoms with van der Waals surface area (Å²) < 4.78 is 7.64. The van der Waals surface area contributed by atoms with Crippen LogP contribution in [0.15, 0.2) is 24.4 Å². The number of benzene rings is 1. The molecular formula is C16H24N4O2. The van der Waals surface area contributed by atoms with Gasteiger partial charge in [0.15, 0.2) is 0 Å². The van der Waals surface area contributed by atoms with E-state index in [1.54, 1.807) is 6.20 Å². The van der Waals surface area contributed by atoms with Crippen LogP contribution >= 0.6 is 0 Å². The lowest BCUT2D eigenvalue weighted by Crippen LogP contribution is -2.47. The van der Waals surface area contributed by atoms with Crippen LogP contribution in [0, 0.1) is 0 Å². The van der Waals surface area contributed by atoms with Gasteiger partial charge >= 0.3 is 0 Å². The van der Waals surface area contributed by atoms with Crippen molar-refractivity contribution in [2.75, 3.05) is 46.4 Å². The van der Waals surface area contributed by atoms with Crippen LogP contribution in [0.1, 0.15) is 0 Å². The lowest BCUT2D eigenvalue weighted by Gasteiger charge is -2.33. The summed E-state index contributed by atoms with van der Waals surface area (Å²) in [4.78, 5) is 4.60. The van der Waals surface area contributed by atoms with Gasteiger partial charge in [-0.2, -0.15) is 5.10 Å². The van der Waals surface area contributed by atoms with Crippen molar-refractivity contribution in [3.63, 3.8) is 0 Å². The van der Waals surface area contributed by atoms with Gasteiger partial charge in [-0.25, -0.2) is 0 Å². The second-order valence-electron chi connectivity index (χ2n) is 6.03. The maximum absolute atomic E-state index is 10.2. The number of aliphatic hydroxyl groups is 1. The molecule has 1 fully saturated rings. The van der Waals surface area contributed by atoms with Crippen molar-refractivity contribution in [1.82, 2.24) is 19.6 Å². The van der Waals surface area contributed by atoms with Crippen LogP contribution in [0.5, 0.6) is 5.75 Å². The first-order valence-corrected chi connectivity index (χ1v) is 7.76. The van der Waals surface area contributed by atoms with E-state index >= 15 is 0 Å². The van der Waals surface area contributed by atoms with E-state index in [2.05, 4.69) is 21.9 Å². The summed E-state index contributed by atoms with van der Waals surface area (Å²) in [7, 11) is 4.04. The second-order valence-corrected chi connectivity index (χ2v) is 6.03. The Morgan fingerprint density at radius 3 is 2.77 bits per heavy atom. The van der Waals surface area contributed by atoms with Gasteiger partial charge < -0.3 is 14.7 Å². The highest BCUT2D eigenvalue weighted by atomic mass is 16.5. The SMILES string of the molecule is CN1CCN(CC(O)COc2cccc3c2cnn3C)CC1. The number of nitrogens with zero attached hydrogens (tertiary/aromatic N) is 4. The summed E-state index contributed by atoms with van der Waals surface area (Å²) in [6, 6.07) is 5.88. The molecule has 0 spiro atoms. The zero-order chi connectivity index (χ0) is 15.5. The molecule has 1 aliphatic rings. The fourth-order valence-corrected chi connectivity index (χ4v) is 2.84. The number of fused-ring (bicyclic) bond motifs is 1. The number of aliphatic hydroxyl groups excluding tert-OH is 1. The Bertz CT molecular complexity index is 620. The van der Waals surface area contributed by atoms with Crippen LogP contribution in [0.4, 0.5) is 0 Å². The standard InChI is InChI=1S/C16H24N4O2/c1-18-6-8-20(9-7-18)11-13(21)12-22-16-5-3-4-15-14(16)10-17-19(15)2/h3-5,10,13,21H,6-9,11-12H2,1-2H3. The van der Waals surface area contributed by atoms with Crippen LogP contribution in [0.25, 0.3) is 10.9 Å². The Hall–Kier alpha value is -1.63. The zero-order valence-electron chi connectivity index (χ0n) is 13.3. The van der Waals surface area contributed by atoms with Gasteiger partial charge in [0.1, 0.15) is 18.5 Å². The highest BCUT2D eigenvalue weighted by molar-refractivity contribution is 5.85. The van der Waals surface area contributed by atoms with E-state index in [1.807, 2.05) is 29.9 Å². The number of ether oxygens (including phenoxy) is 1. The van der Waals surface area contributed by atoms with Gasteiger partial charge in [0.25, 0.3) is 0 Å². The molecule has 2 aromatic rings. The largest absolute Gasteiger partial charge is 0.490 e. The summed E-state index contributed by atoms with van der Waals surface area (Å²) in [6.45, 7) is 5.10. The van der Waals surface area contributed by atoms with Gasteiger partial charge in [0.2, 0.25) is 0 Å². The summed E-state index contributed by atoms with van der Waals surface area (Å²) in [5.74, 6) is 0.781. The molecule has 0 amide bonds. The van der Waals surface area contributed by atoms with Crippen molar-refractivity contribution in [2.24, 2.45) is 7.05 Å². The number of piperazine rings is 1. The minimum Gasteiger partial charge on any atom is -0.490 e. The molecule has 0 radical (unpaired) electrons. The van der Waals surface area contributed by atoms with E-state index in [1.165, 1.54) is 0 Å². The Balaban J connectivity index is 1.55. The number of hydrogen-bond donors (Lipinski definition) is 1. The predicted molar refractivity (Wildman–Crippen MR) is 86.2 cm³/mol. The predicted octanol–water partition coefficient (Wildman–Crippen LogP) is 0.560. The maximum atomic E-state index is 10.2. The summed E-state index contributed by atoms with van der Waals surface area (Å²) in [6.07, 6.45) is 1.33. The monoisotopic (exact) mass is 304 g/mol. The molecule has 1 aromatic carbocycles. The average molecular weight is 304 g/mol. The van der Waals surface area contributed by atoms with Crippen LogP contribution in [-0.4, -0.2) is 77.2 Å². The first-order valence-electron chi connectivity index (χ1n) is 7.76. The second kappa shape index (κ2) is 6.64. The molecule has 0 bridgehead atoms. The molecule has 1 atom stereocenters. The number of hydrogen-bond acceptors (Lipinski definition) is 5. The van der Waals surface area contributed by atoms with Gasteiger partial charge in [-0.3, -0.25) is 9.58 Å². The minimum atomic E-state index is -0.477. The molecule has 1 unspecified atom stereocenters. The van der Waals surface area contributed by atoms with Crippen molar-refractivity contribution in [2.45, 2.75) is 6.10 Å². The summed E-state index contributed by atoms with van der Waals surface area (Å²) >= 11 is 0. The number of aromatic nitrogens is 2. The van der Waals surface area contributed by atoms with Crippen molar-refractivity contribution >= 4 is 10.9 Å². The molecule has 1 saturated heterocycles. The van der Waals surface area contributed by atoms with Crippen molar-refractivity contribution in [1.29, 1.82) is 0 Å². The Morgan fingerprint density at radius 2 is 2.00 bits per heavy atom. The van der Waals surface area contributed by atoms with Gasteiger partial charge in [0, 0.05) is 39.8 Å². The molecule has 1 N–H and O–H groups in total. The average Bonchev–Trinajstić information content (AvgIpc) is 2.90. The van der Waals surface area contributed by atoms with Crippen molar-refractivity contribution in [3.8, 4) is 5.75 Å². The van der Waals surface area contributed by atoms with Crippen molar-refractivity contribution < 1.29 is 9.84 Å². The topological polar surface area (TPSA) is 53.8 Å². The minimum absolute atomic E-state index is 0.306. The van der Waals surface area contributed by atoms with E-state index in [4.69, 9.17) is 4.74 Å². The summed E-state index contributed by atoms with van der Waals surface area (Å²) in [5.41, 5.74) is 1.03. The first kappa shape index (κ1) is 15.3. The van der Waals surface area contributed by atoms with Gasteiger partial charge in [-0.05, 0) is 19.2 Å². The number of aryl methyl sites for hydroxylation is 1. The van der Waals surface area contributed by atoms with E-state index < -0.39 is 6.10 Å². The molecular weight excluding hydrogens is 280 g/mol. The van der Waals surface area contributed by atoms with Crippen LogP contribution in [0.3, 0.4) is 0 Å². The third-order valence-electron chi connectivity index (χ3n) is 4.25. The van der Waals surface area contributed by atoms with Crippen LogP contribution in [0.2, 0.25) is 0 Å². The first-order chi connectivity index (χ1) is 10.6. The number of rotatable bonds is 5. The van der Waals surface area contributed by atoms with Gasteiger partial charge in [-0.1, -0.05) is 6.07 Å². The lowest BCUT2D eigenvalue weighted by molar-refractivity contribution is 0.0509. The molecule has 120 valence electrons. The maximum Gasteiger partial charge on any atom is 0.130 e. The molecule has 1 aliphatic heterocycles. The molecule has 6 nitrogen and oxygen atoms in total. The van der Waals surface area contributed by atoms with Crippen molar-refractivity contribution in [3.05, 3.63) is 24.4 Å². The highest BCUT2D eigenvalue weighted by Gasteiger charge is 2.17. The Kier molecular flexibility index (Phi) is 4.61. The molecule has 0 saturated carbocycles. The molecule has 22 heavy (non-hydrogen) atoms. The van der Waals surface area contributed by atoms with E-state index in [-0.39, 0.29) is 0 Å². The lowest BCUT2D eigenvalue weighted by atomic mass is 10.2. The molecule has 3 rings (SSSR count). The van der Waals surface area contributed by atoms with E-state index in [9.17, 15) is 5.11 Å². The zero-order valence-corrected chi connectivity index (χ0v) is 13.3. The fraction of sp³-hybridized carbons (Fsp3) is 0.562. The molecule has 6 heteroatoms. The quantitative estimate of drug-likeness (QED) is 0.875. The fourth-order valence-electron chi connectivity index (χ4n) is 2.84. The molecule has 0 aliphatic carbocycles. The van der Waals surface area contributed by atoms with E-state index in [0.717, 1.165) is 42.8 Å². The molecule has 1 aromatic heterocycles. The normalized spacial score (nSPS) is 18.7. The Labute approximate surface area is 130 Å². The molecule has 2 heterocycles. The Morgan fingerprint density at radius 1 is 1.23 bits per heavy atom. The van der Waals surface area contributed by atoms with Crippen LogP contribution in [-0.2, 0) is 7.05 Å². The van der Waals surface area contributed by atoms with Gasteiger partial charge in [0.05, 0.1) is 17.1 Å². The smallest absolute Gasteiger partial charge is 0.130 e. The summed E-state index contributed by atoms with van der Waals surface area (Å²) in [5, 5.41) is 15.4. The number of likely N-dealkylation sites (N-methyl/N-ethyl adjacent to an activating group) is 1.